The van der Waals surface area contributed by atoms with Gasteiger partial charge in [0, 0.05) is 63.8 Å². The first-order valence-corrected chi connectivity index (χ1v) is 14.1. The minimum atomic E-state index is -0.225. The molecule has 2 fully saturated rings. The molecule has 6 heteroatoms. The number of nitrogens with zero attached hydrogens (tertiary/aromatic N) is 1. The molecule has 5 nitrogen and oxygen atoms in total. The lowest BCUT2D eigenvalue weighted by Gasteiger charge is -2.56. The van der Waals surface area contributed by atoms with Gasteiger partial charge in [0.1, 0.15) is 11.9 Å². The van der Waals surface area contributed by atoms with Gasteiger partial charge in [-0.3, -0.25) is 4.90 Å². The van der Waals surface area contributed by atoms with Crippen LogP contribution in [0.25, 0.3) is 10.9 Å². The number of carbonyl (C=O) groups is 1. The van der Waals surface area contributed by atoms with E-state index in [0.717, 1.165) is 66.0 Å². The van der Waals surface area contributed by atoms with Gasteiger partial charge in [0.25, 0.3) is 0 Å². The zero-order valence-corrected chi connectivity index (χ0v) is 21.1. The molecular weight excluding hydrogens is 456 g/mol. The number of hydrogen-bond donors (Lipinski definition) is 1. The fourth-order valence-electron chi connectivity index (χ4n) is 7.09. The molecule has 3 atom stereocenters. The number of thioether (sulfide) groups is 1. The molecule has 2 aromatic carbocycles. The molecule has 1 N–H and O–H groups in total. The molecule has 4 aliphatic heterocycles. The summed E-state index contributed by atoms with van der Waals surface area (Å²) in [5, 5.41) is 1.01. The largest absolute Gasteiger partial charge is 0.472 e. The Hall–Kier alpha value is -2.44. The average Bonchev–Trinajstić information content (AvgIpc) is 3.23. The van der Waals surface area contributed by atoms with E-state index in [1.807, 2.05) is 24.8 Å². The van der Waals surface area contributed by atoms with E-state index in [9.17, 15) is 4.79 Å². The van der Waals surface area contributed by atoms with Gasteiger partial charge >= 0.3 is 5.97 Å². The summed E-state index contributed by atoms with van der Waals surface area (Å²) in [5.74, 6) is 2.16. The third-order valence-electron chi connectivity index (χ3n) is 8.68. The normalized spacial score (nSPS) is 27.8. The average molecular weight is 489 g/mol. The molecule has 1 aromatic heterocycles. The number of fused-ring (bicyclic) bond motifs is 4. The molecule has 0 amide bonds. The van der Waals surface area contributed by atoms with Gasteiger partial charge in [-0.15, -0.1) is 11.8 Å². The van der Waals surface area contributed by atoms with Crippen molar-refractivity contribution in [2.24, 2.45) is 5.92 Å². The SMILES string of the molecule is Cc1[nH]c2ccc3c(c2c1C(=O)OC1CCSc2ccccc21)CC1CCCN2CCCCC12O3. The maximum absolute atomic E-state index is 13.7. The highest BCUT2D eigenvalue weighted by Crippen LogP contribution is 2.50. The standard InChI is InChI=1S/C29H32N2O3S/c1-18-26(28(32)33-23-12-16-35-25-9-3-2-8-20(23)25)27-21-17-19-7-6-15-31-14-5-4-13-29(19,31)34-24(21)11-10-22(27)30-18/h2-3,8-11,19,23,30H,4-7,12-17H2,1H3. The third kappa shape index (κ3) is 3.36. The van der Waals surface area contributed by atoms with E-state index < -0.39 is 0 Å². The number of aromatic nitrogens is 1. The maximum Gasteiger partial charge on any atom is 0.341 e. The molecule has 182 valence electrons. The fourth-order valence-corrected chi connectivity index (χ4v) is 8.18. The molecule has 0 aliphatic carbocycles. The summed E-state index contributed by atoms with van der Waals surface area (Å²) in [6, 6.07) is 12.5. The van der Waals surface area contributed by atoms with Crippen molar-refractivity contribution >= 4 is 28.6 Å². The van der Waals surface area contributed by atoms with Crippen molar-refractivity contribution < 1.29 is 14.3 Å². The predicted octanol–water partition coefficient (Wildman–Crippen LogP) is 6.40. The number of rotatable bonds is 2. The zero-order valence-electron chi connectivity index (χ0n) is 20.3. The van der Waals surface area contributed by atoms with Crippen LogP contribution >= 0.6 is 11.8 Å². The van der Waals surface area contributed by atoms with Crippen LogP contribution in [0.1, 0.15) is 71.8 Å². The highest BCUT2D eigenvalue weighted by atomic mass is 32.2. The molecule has 1 spiro atoms. The van der Waals surface area contributed by atoms with Gasteiger partial charge in [0.15, 0.2) is 5.72 Å². The summed E-state index contributed by atoms with van der Waals surface area (Å²) >= 11 is 1.84. The molecule has 4 aliphatic rings. The summed E-state index contributed by atoms with van der Waals surface area (Å²) in [4.78, 5) is 21.0. The smallest absolute Gasteiger partial charge is 0.341 e. The van der Waals surface area contributed by atoms with Crippen LogP contribution in [0.5, 0.6) is 5.75 Å². The molecule has 2 saturated heterocycles. The van der Waals surface area contributed by atoms with Crippen LogP contribution in [0.15, 0.2) is 41.3 Å². The number of H-pyrrole nitrogens is 1. The Morgan fingerprint density at radius 1 is 1.14 bits per heavy atom. The Balaban J connectivity index is 1.28. The lowest BCUT2D eigenvalue weighted by atomic mass is 9.74. The fraction of sp³-hybridized carbons (Fsp3) is 0.483. The minimum Gasteiger partial charge on any atom is -0.472 e. The third-order valence-corrected chi connectivity index (χ3v) is 9.80. The molecule has 3 aromatic rings. The van der Waals surface area contributed by atoms with Crippen molar-refractivity contribution in [3.63, 3.8) is 0 Å². The Kier molecular flexibility index (Phi) is 5.18. The van der Waals surface area contributed by atoms with Crippen molar-refractivity contribution in [3.05, 3.63) is 58.8 Å². The second kappa shape index (κ2) is 8.31. The van der Waals surface area contributed by atoms with E-state index in [2.05, 4.69) is 40.2 Å². The van der Waals surface area contributed by atoms with Crippen molar-refractivity contribution in [1.29, 1.82) is 0 Å². The second-order valence-electron chi connectivity index (χ2n) is 10.6. The van der Waals surface area contributed by atoms with Crippen LogP contribution in [0.3, 0.4) is 0 Å². The highest BCUT2D eigenvalue weighted by Gasteiger charge is 2.52. The van der Waals surface area contributed by atoms with Crippen molar-refractivity contribution in [1.82, 2.24) is 9.88 Å². The molecule has 0 saturated carbocycles. The zero-order chi connectivity index (χ0) is 23.6. The Labute approximate surface area is 210 Å². The van der Waals surface area contributed by atoms with Gasteiger partial charge in [-0.25, -0.2) is 4.79 Å². The maximum atomic E-state index is 13.7. The van der Waals surface area contributed by atoms with Crippen LogP contribution in [0, 0.1) is 12.8 Å². The first-order valence-electron chi connectivity index (χ1n) is 13.1. The number of hydrogen-bond acceptors (Lipinski definition) is 5. The van der Waals surface area contributed by atoms with Gasteiger partial charge in [0.2, 0.25) is 0 Å². The topological polar surface area (TPSA) is 54.6 Å². The Morgan fingerprint density at radius 2 is 2.03 bits per heavy atom. The Bertz CT molecular complexity index is 1310. The van der Waals surface area contributed by atoms with Crippen molar-refractivity contribution in [2.75, 3.05) is 18.8 Å². The van der Waals surface area contributed by atoms with Crippen LogP contribution in [0.4, 0.5) is 0 Å². The monoisotopic (exact) mass is 488 g/mol. The number of aromatic amines is 1. The molecule has 5 heterocycles. The lowest BCUT2D eigenvalue weighted by molar-refractivity contribution is -0.177. The number of carbonyl (C=O) groups excluding carboxylic acids is 1. The molecule has 0 radical (unpaired) electrons. The van der Waals surface area contributed by atoms with E-state index in [-0.39, 0.29) is 17.8 Å². The molecule has 7 rings (SSSR count). The molecule has 35 heavy (non-hydrogen) atoms. The van der Waals surface area contributed by atoms with E-state index in [0.29, 0.717) is 11.5 Å². The number of benzene rings is 2. The van der Waals surface area contributed by atoms with E-state index in [1.165, 1.54) is 36.1 Å². The summed E-state index contributed by atoms with van der Waals surface area (Å²) in [6.07, 6.45) is 7.62. The highest BCUT2D eigenvalue weighted by molar-refractivity contribution is 7.99. The van der Waals surface area contributed by atoms with Gasteiger partial charge in [0.05, 0.1) is 5.56 Å². The van der Waals surface area contributed by atoms with Gasteiger partial charge < -0.3 is 14.5 Å². The number of piperidine rings is 2. The summed E-state index contributed by atoms with van der Waals surface area (Å²) in [6.45, 7) is 4.26. The van der Waals surface area contributed by atoms with Gasteiger partial charge in [-0.1, -0.05) is 18.2 Å². The quantitative estimate of drug-likeness (QED) is 0.423. The number of ether oxygens (including phenoxy) is 2. The number of aryl methyl sites for hydroxylation is 1. The minimum absolute atomic E-state index is 0.160. The summed E-state index contributed by atoms with van der Waals surface area (Å²) in [7, 11) is 0. The Morgan fingerprint density at radius 3 is 2.97 bits per heavy atom. The van der Waals surface area contributed by atoms with Gasteiger partial charge in [-0.2, -0.15) is 0 Å². The second-order valence-corrected chi connectivity index (χ2v) is 11.7. The van der Waals surface area contributed by atoms with E-state index in [4.69, 9.17) is 9.47 Å². The van der Waals surface area contributed by atoms with Gasteiger partial charge in [-0.05, 0) is 63.6 Å². The molecular formula is C29H32N2O3S. The van der Waals surface area contributed by atoms with Crippen LogP contribution in [-0.2, 0) is 11.2 Å². The summed E-state index contributed by atoms with van der Waals surface area (Å²) < 4.78 is 13.1. The van der Waals surface area contributed by atoms with Crippen molar-refractivity contribution in [2.45, 2.75) is 68.6 Å². The van der Waals surface area contributed by atoms with Crippen LogP contribution < -0.4 is 4.74 Å². The predicted molar refractivity (Wildman–Crippen MR) is 138 cm³/mol. The number of nitrogens with one attached hydrogen (secondary N) is 1. The van der Waals surface area contributed by atoms with Crippen LogP contribution in [-0.4, -0.2) is 40.4 Å². The first kappa shape index (κ1) is 21.8. The lowest BCUT2D eigenvalue weighted by Crippen LogP contribution is -2.64. The first-order chi connectivity index (χ1) is 17.1. The molecule has 0 bridgehead atoms. The molecule has 3 unspecified atom stereocenters. The van der Waals surface area contributed by atoms with E-state index in [1.54, 1.807) is 0 Å². The van der Waals surface area contributed by atoms with Crippen LogP contribution in [0.2, 0.25) is 0 Å². The van der Waals surface area contributed by atoms with E-state index >= 15 is 0 Å². The number of esters is 1. The summed E-state index contributed by atoms with van der Waals surface area (Å²) in [5.41, 5.74) is 4.71. The van der Waals surface area contributed by atoms with Crippen molar-refractivity contribution in [3.8, 4) is 5.75 Å².